The molecule has 1 aliphatic rings. The lowest BCUT2D eigenvalue weighted by Gasteiger charge is -2.33. The van der Waals surface area contributed by atoms with Crippen LogP contribution in [0.15, 0.2) is 6.20 Å². The molecule has 1 heterocycles. The number of rotatable bonds is 3. The Labute approximate surface area is 107 Å². The van der Waals surface area contributed by atoms with Crippen LogP contribution in [0, 0.1) is 5.92 Å². The molecule has 1 aromatic heterocycles. The minimum absolute atomic E-state index is 0.653. The lowest BCUT2D eigenvalue weighted by molar-refractivity contribution is 0.165. The van der Waals surface area contributed by atoms with E-state index in [2.05, 4.69) is 23.9 Å². The highest BCUT2D eigenvalue weighted by molar-refractivity contribution is 7.15. The van der Waals surface area contributed by atoms with Gasteiger partial charge in [-0.05, 0) is 38.6 Å². The van der Waals surface area contributed by atoms with E-state index in [0.717, 1.165) is 18.5 Å². The minimum atomic E-state index is 0.653. The zero-order valence-electron chi connectivity index (χ0n) is 9.95. The fourth-order valence-corrected chi connectivity index (χ4v) is 3.46. The highest BCUT2D eigenvalue weighted by atomic mass is 35.5. The van der Waals surface area contributed by atoms with Gasteiger partial charge in [0, 0.05) is 23.7 Å². The molecule has 16 heavy (non-hydrogen) atoms. The molecule has 0 aliphatic heterocycles. The summed E-state index contributed by atoms with van der Waals surface area (Å²) >= 11 is 7.43. The minimum Gasteiger partial charge on any atom is -0.298 e. The van der Waals surface area contributed by atoms with Crippen LogP contribution in [-0.4, -0.2) is 23.0 Å². The van der Waals surface area contributed by atoms with Crippen LogP contribution in [0.1, 0.15) is 37.5 Å². The molecule has 1 aliphatic carbocycles. The predicted octanol–water partition coefficient (Wildman–Crippen LogP) is 3.81. The van der Waals surface area contributed by atoms with Gasteiger partial charge in [0.2, 0.25) is 0 Å². The van der Waals surface area contributed by atoms with Gasteiger partial charge in [0.15, 0.2) is 4.47 Å². The molecule has 1 aromatic rings. The van der Waals surface area contributed by atoms with Gasteiger partial charge in [-0.1, -0.05) is 18.5 Å². The Balaban J connectivity index is 1.85. The summed E-state index contributed by atoms with van der Waals surface area (Å²) in [6.45, 7) is 3.35. The van der Waals surface area contributed by atoms with E-state index in [1.807, 2.05) is 6.20 Å². The van der Waals surface area contributed by atoms with Crippen molar-refractivity contribution in [1.29, 1.82) is 0 Å². The average molecular weight is 259 g/mol. The fraction of sp³-hybridized carbons (Fsp3) is 0.750. The number of hydrogen-bond acceptors (Lipinski definition) is 3. The Hall–Kier alpha value is -0.120. The normalized spacial score (nSPS) is 26.2. The van der Waals surface area contributed by atoms with Crippen LogP contribution < -0.4 is 0 Å². The van der Waals surface area contributed by atoms with E-state index >= 15 is 0 Å². The Morgan fingerprint density at radius 2 is 2.12 bits per heavy atom. The molecular weight excluding hydrogens is 240 g/mol. The summed E-state index contributed by atoms with van der Waals surface area (Å²) in [4.78, 5) is 7.81. The second kappa shape index (κ2) is 5.48. The second-order valence-corrected chi connectivity index (χ2v) is 6.61. The van der Waals surface area contributed by atoms with Crippen molar-refractivity contribution >= 4 is 22.9 Å². The number of aromatic nitrogens is 1. The van der Waals surface area contributed by atoms with Crippen LogP contribution >= 0.6 is 22.9 Å². The molecule has 0 unspecified atom stereocenters. The first-order valence-electron chi connectivity index (χ1n) is 5.95. The average Bonchev–Trinajstić information content (AvgIpc) is 2.65. The molecule has 0 spiro atoms. The van der Waals surface area contributed by atoms with Crippen LogP contribution in [0.4, 0.5) is 0 Å². The summed E-state index contributed by atoms with van der Waals surface area (Å²) in [5, 5.41) is 0. The molecule has 1 fully saturated rings. The molecule has 0 bridgehead atoms. The van der Waals surface area contributed by atoms with E-state index in [9.17, 15) is 0 Å². The van der Waals surface area contributed by atoms with Crippen molar-refractivity contribution in [2.24, 2.45) is 5.92 Å². The van der Waals surface area contributed by atoms with Crippen LogP contribution in [0.5, 0.6) is 0 Å². The number of halogens is 1. The van der Waals surface area contributed by atoms with Crippen molar-refractivity contribution in [3.05, 3.63) is 15.5 Å². The monoisotopic (exact) mass is 258 g/mol. The molecule has 4 heteroatoms. The van der Waals surface area contributed by atoms with E-state index in [4.69, 9.17) is 11.6 Å². The summed E-state index contributed by atoms with van der Waals surface area (Å²) in [6.07, 6.45) is 7.32. The lowest BCUT2D eigenvalue weighted by atomic mass is 9.87. The SMILES string of the molecule is CC1CCC(N(C)Cc2cnc(Cl)s2)CC1. The van der Waals surface area contributed by atoms with Crippen molar-refractivity contribution in [2.45, 2.75) is 45.2 Å². The molecule has 1 saturated carbocycles. The fourth-order valence-electron chi connectivity index (χ4n) is 2.41. The molecule has 2 rings (SSSR count). The molecule has 0 saturated heterocycles. The number of thiazole rings is 1. The van der Waals surface area contributed by atoms with Gasteiger partial charge < -0.3 is 0 Å². The first-order valence-corrected chi connectivity index (χ1v) is 7.15. The van der Waals surface area contributed by atoms with Crippen molar-refractivity contribution < 1.29 is 0 Å². The third-order valence-corrected chi connectivity index (χ3v) is 4.64. The van der Waals surface area contributed by atoms with Gasteiger partial charge in [0.1, 0.15) is 0 Å². The smallest absolute Gasteiger partial charge is 0.183 e. The molecule has 90 valence electrons. The summed E-state index contributed by atoms with van der Waals surface area (Å²) in [5.41, 5.74) is 0. The predicted molar refractivity (Wildman–Crippen MR) is 70.0 cm³/mol. The lowest BCUT2D eigenvalue weighted by Crippen LogP contribution is -2.34. The zero-order valence-corrected chi connectivity index (χ0v) is 11.5. The van der Waals surface area contributed by atoms with Gasteiger partial charge in [0.05, 0.1) is 0 Å². The van der Waals surface area contributed by atoms with Gasteiger partial charge in [-0.2, -0.15) is 0 Å². The van der Waals surface area contributed by atoms with Gasteiger partial charge in [-0.25, -0.2) is 4.98 Å². The highest BCUT2D eigenvalue weighted by Gasteiger charge is 2.21. The van der Waals surface area contributed by atoms with Crippen LogP contribution in [0.2, 0.25) is 4.47 Å². The second-order valence-electron chi connectivity index (χ2n) is 4.91. The number of hydrogen-bond donors (Lipinski definition) is 0. The van der Waals surface area contributed by atoms with E-state index in [1.165, 1.54) is 30.6 Å². The first-order chi connectivity index (χ1) is 7.65. The maximum Gasteiger partial charge on any atom is 0.183 e. The zero-order chi connectivity index (χ0) is 11.5. The molecular formula is C12H19ClN2S. The molecule has 0 aromatic carbocycles. The summed E-state index contributed by atoms with van der Waals surface area (Å²) < 4.78 is 0.653. The molecule has 0 N–H and O–H groups in total. The van der Waals surface area contributed by atoms with Crippen molar-refractivity contribution in [2.75, 3.05) is 7.05 Å². The largest absolute Gasteiger partial charge is 0.298 e. The van der Waals surface area contributed by atoms with Crippen LogP contribution in [0.3, 0.4) is 0 Å². The van der Waals surface area contributed by atoms with E-state index in [0.29, 0.717) is 4.47 Å². The van der Waals surface area contributed by atoms with Crippen molar-refractivity contribution in [3.8, 4) is 0 Å². The van der Waals surface area contributed by atoms with Gasteiger partial charge in [-0.15, -0.1) is 11.3 Å². The maximum atomic E-state index is 5.84. The number of nitrogens with zero attached hydrogens (tertiary/aromatic N) is 2. The molecule has 0 atom stereocenters. The maximum absolute atomic E-state index is 5.84. The van der Waals surface area contributed by atoms with E-state index in [-0.39, 0.29) is 0 Å². The van der Waals surface area contributed by atoms with Gasteiger partial charge in [-0.3, -0.25) is 4.90 Å². The molecule has 2 nitrogen and oxygen atoms in total. The standard InChI is InChI=1S/C12H19ClN2S/c1-9-3-5-10(6-4-9)15(2)8-11-7-14-12(13)16-11/h7,9-10H,3-6,8H2,1-2H3. The van der Waals surface area contributed by atoms with Crippen molar-refractivity contribution in [1.82, 2.24) is 9.88 Å². The Kier molecular flexibility index (Phi) is 4.22. The van der Waals surface area contributed by atoms with E-state index < -0.39 is 0 Å². The van der Waals surface area contributed by atoms with Gasteiger partial charge in [0.25, 0.3) is 0 Å². The van der Waals surface area contributed by atoms with E-state index in [1.54, 1.807) is 11.3 Å². The third-order valence-electron chi connectivity index (χ3n) is 3.54. The summed E-state index contributed by atoms with van der Waals surface area (Å²) in [6, 6.07) is 0.747. The first kappa shape index (κ1) is 12.3. The Morgan fingerprint density at radius 1 is 1.44 bits per heavy atom. The highest BCUT2D eigenvalue weighted by Crippen LogP contribution is 2.28. The summed E-state index contributed by atoms with van der Waals surface area (Å²) in [5.74, 6) is 0.919. The van der Waals surface area contributed by atoms with Crippen LogP contribution in [-0.2, 0) is 6.54 Å². The molecule has 0 amide bonds. The molecule has 0 radical (unpaired) electrons. The Morgan fingerprint density at radius 3 is 2.69 bits per heavy atom. The van der Waals surface area contributed by atoms with Crippen LogP contribution in [0.25, 0.3) is 0 Å². The quantitative estimate of drug-likeness (QED) is 0.820. The van der Waals surface area contributed by atoms with Gasteiger partial charge >= 0.3 is 0 Å². The summed E-state index contributed by atoms with van der Waals surface area (Å²) in [7, 11) is 2.22. The van der Waals surface area contributed by atoms with Crippen molar-refractivity contribution in [3.63, 3.8) is 0 Å². The topological polar surface area (TPSA) is 16.1 Å². The third kappa shape index (κ3) is 3.19. The Bertz CT molecular complexity index is 332.